The monoisotopic (exact) mass is 391 g/mol. The number of rotatable bonds is 6. The Morgan fingerprint density at radius 3 is 2.33 bits per heavy atom. The summed E-state index contributed by atoms with van der Waals surface area (Å²) in [5.41, 5.74) is 6.74. The molecule has 0 saturated carbocycles. The minimum Gasteiger partial charge on any atom is -0.271 e. The zero-order chi connectivity index (χ0) is 20.2. The van der Waals surface area contributed by atoms with Crippen LogP contribution in [0.1, 0.15) is 22.3 Å². The van der Waals surface area contributed by atoms with Gasteiger partial charge in [-0.15, -0.1) is 0 Å². The molecule has 144 valence electrons. The topological polar surface area (TPSA) is 78.8 Å². The highest BCUT2D eigenvalue weighted by Crippen LogP contribution is 2.18. The second kappa shape index (κ2) is 8.30. The van der Waals surface area contributed by atoms with Gasteiger partial charge in [-0.3, -0.25) is 9.10 Å². The Hall–Kier alpha value is -2.74. The first-order chi connectivity index (χ1) is 12.6. The van der Waals surface area contributed by atoms with Gasteiger partial charge in [0.15, 0.2) is 0 Å². The highest BCUT2D eigenvalue weighted by Gasteiger charge is 2.20. The molecule has 0 atom stereocenters. The van der Waals surface area contributed by atoms with Crippen LogP contribution in [0.15, 0.2) is 41.5 Å². The fourth-order valence-corrected chi connectivity index (χ4v) is 3.32. The Morgan fingerprint density at radius 1 is 1.11 bits per heavy atom. The van der Waals surface area contributed by atoms with Gasteiger partial charge in [-0.25, -0.2) is 18.2 Å². The number of nitrogens with one attached hydrogen (secondary N) is 1. The molecule has 0 heterocycles. The molecule has 0 aromatic heterocycles. The lowest BCUT2D eigenvalue weighted by atomic mass is 10.00. The third-order valence-corrected chi connectivity index (χ3v) is 5.44. The molecule has 0 aliphatic carbocycles. The van der Waals surface area contributed by atoms with Crippen molar-refractivity contribution in [3.05, 3.63) is 64.5 Å². The van der Waals surface area contributed by atoms with Gasteiger partial charge < -0.3 is 0 Å². The average molecular weight is 391 g/mol. The number of anilines is 1. The molecule has 0 unspecified atom stereocenters. The summed E-state index contributed by atoms with van der Waals surface area (Å²) in [5.74, 6) is -1.10. The van der Waals surface area contributed by atoms with Crippen molar-refractivity contribution in [2.24, 2.45) is 5.10 Å². The van der Waals surface area contributed by atoms with E-state index < -0.39 is 28.3 Å². The van der Waals surface area contributed by atoms with Crippen molar-refractivity contribution in [3.63, 3.8) is 0 Å². The van der Waals surface area contributed by atoms with Gasteiger partial charge in [-0.2, -0.15) is 5.10 Å². The van der Waals surface area contributed by atoms with E-state index >= 15 is 0 Å². The van der Waals surface area contributed by atoms with E-state index in [4.69, 9.17) is 0 Å². The number of carbonyl (C=O) groups is 1. The van der Waals surface area contributed by atoms with Gasteiger partial charge in [-0.05, 0) is 67.3 Å². The maximum atomic E-state index is 13.1. The molecule has 2 aromatic carbocycles. The summed E-state index contributed by atoms with van der Waals surface area (Å²) in [6.45, 7) is 5.52. The maximum absolute atomic E-state index is 13.1. The van der Waals surface area contributed by atoms with E-state index in [1.807, 2.05) is 32.9 Å². The molecule has 0 saturated heterocycles. The van der Waals surface area contributed by atoms with E-state index in [-0.39, 0.29) is 5.69 Å². The molecule has 0 bridgehead atoms. The van der Waals surface area contributed by atoms with Crippen LogP contribution in [-0.2, 0) is 14.8 Å². The van der Waals surface area contributed by atoms with Gasteiger partial charge in [0.2, 0.25) is 10.0 Å². The third kappa shape index (κ3) is 5.37. The molecular formula is C19H22FN3O3S. The number of aryl methyl sites for hydroxylation is 1. The van der Waals surface area contributed by atoms with Crippen LogP contribution in [0.4, 0.5) is 10.1 Å². The molecule has 6 nitrogen and oxygen atoms in total. The Kier molecular flexibility index (Phi) is 6.32. The van der Waals surface area contributed by atoms with E-state index in [9.17, 15) is 17.6 Å². The van der Waals surface area contributed by atoms with Gasteiger partial charge in [0.05, 0.1) is 18.2 Å². The fraction of sp³-hybridized carbons (Fsp3) is 0.263. The van der Waals surface area contributed by atoms with Crippen molar-refractivity contribution < 1.29 is 17.6 Å². The van der Waals surface area contributed by atoms with Crippen LogP contribution < -0.4 is 9.73 Å². The average Bonchev–Trinajstić information content (AvgIpc) is 2.60. The van der Waals surface area contributed by atoms with Crippen molar-refractivity contribution in [1.29, 1.82) is 0 Å². The van der Waals surface area contributed by atoms with Gasteiger partial charge in [0.1, 0.15) is 12.4 Å². The highest BCUT2D eigenvalue weighted by molar-refractivity contribution is 7.92. The summed E-state index contributed by atoms with van der Waals surface area (Å²) in [6, 6.07) is 8.72. The SMILES string of the molecule is Cc1ccc(/C=N\NC(=O)CN(c2ccc(F)cc2)S(C)(=O)=O)c(C)c1C. The first-order valence-corrected chi connectivity index (χ1v) is 10.1. The highest BCUT2D eigenvalue weighted by atomic mass is 32.2. The molecular weight excluding hydrogens is 369 g/mol. The van der Waals surface area contributed by atoms with Gasteiger partial charge >= 0.3 is 0 Å². The predicted octanol–water partition coefficient (Wildman–Crippen LogP) is 2.67. The number of sulfonamides is 1. The van der Waals surface area contributed by atoms with E-state index in [1.165, 1.54) is 18.3 Å². The number of amides is 1. The lowest BCUT2D eigenvalue weighted by Gasteiger charge is -2.21. The van der Waals surface area contributed by atoms with Crippen LogP contribution in [0.25, 0.3) is 0 Å². The predicted molar refractivity (Wildman–Crippen MR) is 105 cm³/mol. The number of hydrogen-bond acceptors (Lipinski definition) is 4. The summed E-state index contributed by atoms with van der Waals surface area (Å²) in [7, 11) is -3.72. The van der Waals surface area contributed by atoms with E-state index in [0.717, 1.165) is 44.9 Å². The summed E-state index contributed by atoms with van der Waals surface area (Å²) in [5, 5.41) is 3.91. The standard InChI is InChI=1S/C19H22FN3O3S/c1-13-5-6-16(15(3)14(13)2)11-21-22-19(24)12-23(27(4,25)26)18-9-7-17(20)8-10-18/h5-11H,12H2,1-4H3,(H,22,24)/b21-11-. The number of benzene rings is 2. The smallest absolute Gasteiger partial charge is 0.260 e. The molecule has 0 aliphatic heterocycles. The Morgan fingerprint density at radius 2 is 1.74 bits per heavy atom. The van der Waals surface area contributed by atoms with Crippen LogP contribution in [-0.4, -0.2) is 33.3 Å². The molecule has 2 aromatic rings. The lowest BCUT2D eigenvalue weighted by Crippen LogP contribution is -2.39. The van der Waals surface area contributed by atoms with Crippen molar-refractivity contribution >= 4 is 27.8 Å². The molecule has 27 heavy (non-hydrogen) atoms. The number of hydrogen-bond donors (Lipinski definition) is 1. The largest absolute Gasteiger partial charge is 0.271 e. The molecule has 1 amide bonds. The normalized spacial score (nSPS) is 11.6. The second-order valence-electron chi connectivity index (χ2n) is 6.26. The molecule has 0 spiro atoms. The zero-order valence-corrected chi connectivity index (χ0v) is 16.5. The summed E-state index contributed by atoms with van der Waals surface area (Å²) in [4.78, 5) is 12.1. The molecule has 2 rings (SSSR count). The number of hydrazone groups is 1. The van der Waals surface area contributed by atoms with Crippen LogP contribution in [0.5, 0.6) is 0 Å². The molecule has 0 radical (unpaired) electrons. The summed E-state index contributed by atoms with van der Waals surface area (Å²) >= 11 is 0. The molecule has 0 aliphatic rings. The quantitative estimate of drug-likeness (QED) is 0.607. The van der Waals surface area contributed by atoms with Crippen molar-refractivity contribution in [2.75, 3.05) is 17.1 Å². The van der Waals surface area contributed by atoms with Crippen LogP contribution in [0, 0.1) is 26.6 Å². The number of carbonyl (C=O) groups excluding carboxylic acids is 1. The first kappa shape index (κ1) is 20.6. The Bertz CT molecular complexity index is 970. The van der Waals surface area contributed by atoms with Gasteiger partial charge in [0, 0.05) is 0 Å². The van der Waals surface area contributed by atoms with Crippen molar-refractivity contribution in [2.45, 2.75) is 20.8 Å². The number of halogens is 1. The van der Waals surface area contributed by atoms with Crippen LogP contribution in [0.3, 0.4) is 0 Å². The summed E-state index contributed by atoms with van der Waals surface area (Å²) < 4.78 is 37.9. The van der Waals surface area contributed by atoms with E-state index in [0.29, 0.717) is 0 Å². The van der Waals surface area contributed by atoms with Crippen LogP contribution in [0.2, 0.25) is 0 Å². The third-order valence-electron chi connectivity index (χ3n) is 4.29. The first-order valence-electron chi connectivity index (χ1n) is 8.21. The molecule has 1 N–H and O–H groups in total. The van der Waals surface area contributed by atoms with Crippen LogP contribution >= 0.6 is 0 Å². The van der Waals surface area contributed by atoms with E-state index in [1.54, 1.807) is 0 Å². The molecule has 8 heteroatoms. The minimum atomic E-state index is -3.72. The fourth-order valence-electron chi connectivity index (χ4n) is 2.46. The van der Waals surface area contributed by atoms with Gasteiger partial charge in [0.25, 0.3) is 5.91 Å². The minimum absolute atomic E-state index is 0.197. The number of nitrogens with zero attached hydrogens (tertiary/aromatic N) is 2. The van der Waals surface area contributed by atoms with Crippen molar-refractivity contribution in [1.82, 2.24) is 5.43 Å². The lowest BCUT2D eigenvalue weighted by molar-refractivity contribution is -0.119. The van der Waals surface area contributed by atoms with E-state index in [2.05, 4.69) is 10.5 Å². The maximum Gasteiger partial charge on any atom is 0.260 e. The zero-order valence-electron chi connectivity index (χ0n) is 15.7. The van der Waals surface area contributed by atoms with Crippen molar-refractivity contribution in [3.8, 4) is 0 Å². The second-order valence-corrected chi connectivity index (χ2v) is 8.17. The Balaban J connectivity index is 2.10. The Labute approximate surface area is 158 Å². The van der Waals surface area contributed by atoms with Gasteiger partial charge in [-0.1, -0.05) is 12.1 Å². The summed E-state index contributed by atoms with van der Waals surface area (Å²) in [6.07, 6.45) is 2.49. The molecule has 0 fully saturated rings.